The summed E-state index contributed by atoms with van der Waals surface area (Å²) in [4.78, 5) is 0. The van der Waals surface area contributed by atoms with Crippen molar-refractivity contribution in [2.24, 2.45) is 0 Å². The summed E-state index contributed by atoms with van der Waals surface area (Å²) in [5, 5.41) is 0. The van der Waals surface area contributed by atoms with Crippen molar-refractivity contribution in [3.63, 3.8) is 0 Å². The first-order valence-electron chi connectivity index (χ1n) is 7.32. The highest BCUT2D eigenvalue weighted by Crippen LogP contribution is 2.25. The summed E-state index contributed by atoms with van der Waals surface area (Å²) in [6.45, 7) is 11.6. The topological polar surface area (TPSA) is 46.2 Å². The van der Waals surface area contributed by atoms with Crippen LogP contribution in [0.5, 0.6) is 0 Å². The van der Waals surface area contributed by atoms with Crippen LogP contribution in [0, 0.1) is 0 Å². The maximum absolute atomic E-state index is 5.84. The highest BCUT2D eigenvalue weighted by molar-refractivity contribution is 4.91. The van der Waals surface area contributed by atoms with E-state index < -0.39 is 0 Å². The van der Waals surface area contributed by atoms with E-state index in [4.69, 9.17) is 23.7 Å². The van der Waals surface area contributed by atoms with E-state index in [1.54, 1.807) is 0 Å². The van der Waals surface area contributed by atoms with E-state index in [0.717, 1.165) is 0 Å². The first kappa shape index (κ1) is 39.7. The van der Waals surface area contributed by atoms with E-state index in [2.05, 4.69) is 0 Å². The van der Waals surface area contributed by atoms with Gasteiger partial charge in [0, 0.05) is 26.4 Å². The molecule has 25 heavy (non-hydrogen) atoms. The zero-order valence-corrected chi connectivity index (χ0v) is 12.6. The van der Waals surface area contributed by atoms with Crippen molar-refractivity contribution >= 4 is 0 Å². The van der Waals surface area contributed by atoms with Crippen molar-refractivity contribution in [3.05, 3.63) is 0 Å². The molecule has 0 radical (unpaired) electrons. The fraction of sp³-hybridized carbons (Fsp3) is 1.00. The van der Waals surface area contributed by atoms with Crippen molar-refractivity contribution in [2.75, 3.05) is 39.6 Å². The molecule has 5 nitrogen and oxygen atoms in total. The molecule has 1 aliphatic heterocycles. The lowest BCUT2D eigenvalue weighted by atomic mass is 10.1. The second-order valence-electron chi connectivity index (χ2n) is 4.36. The first-order valence-corrected chi connectivity index (χ1v) is 7.32. The molecule has 0 amide bonds. The fourth-order valence-corrected chi connectivity index (χ4v) is 2.36. The zero-order valence-electron chi connectivity index (χ0n) is 12.6. The molecule has 0 aromatic carbocycles. The summed E-state index contributed by atoms with van der Waals surface area (Å²) < 4.78 is 28.6. The van der Waals surface area contributed by atoms with Crippen molar-refractivity contribution in [1.29, 1.82) is 0 Å². The number of hydrogen-bond acceptors (Lipinski definition) is 5. The Bertz CT molecular complexity index is 226. The molecule has 1 saturated heterocycles. The van der Waals surface area contributed by atoms with Gasteiger partial charge in [-0.3, -0.25) is 0 Å². The predicted octanol–water partition coefficient (Wildman–Crippen LogP) is 5.45. The maximum atomic E-state index is 5.84. The van der Waals surface area contributed by atoms with Crippen LogP contribution >= 0.6 is 0 Å². The summed E-state index contributed by atoms with van der Waals surface area (Å²) >= 11 is 0. The Hall–Kier alpha value is -0.200. The maximum Gasteiger partial charge on any atom is 0.115 e. The molecule has 1 fully saturated rings. The third-order valence-electron chi connectivity index (χ3n) is 3.12. The van der Waals surface area contributed by atoms with Gasteiger partial charge < -0.3 is 23.7 Å². The zero-order chi connectivity index (χ0) is 14.1. The second-order valence-corrected chi connectivity index (χ2v) is 4.36. The van der Waals surface area contributed by atoms with Gasteiger partial charge in [0.1, 0.15) is 24.4 Å². The molecule has 5 heteroatoms. The normalized spacial score (nSPS) is 21.8. The van der Waals surface area contributed by atoms with Gasteiger partial charge in [-0.2, -0.15) is 0 Å². The number of hydrogen-bond donors (Lipinski definition) is 0. The van der Waals surface area contributed by atoms with Crippen LogP contribution in [-0.2, 0) is 23.7 Å². The standard InChI is InChI=1S/C14H28O5.6CH4/c1-5-15-9-11(16-6-2)14-13(18-8-4)12(10-19-14)17-7-3;;;;;;/h11-14H,5-10H2,1-4H3;6*1H4. The quantitative estimate of drug-likeness (QED) is 0.510. The Labute approximate surface area is 160 Å². The monoisotopic (exact) mass is 372 g/mol. The third-order valence-corrected chi connectivity index (χ3v) is 3.12. The largest absolute Gasteiger partial charge is 0.379 e. The summed E-state index contributed by atoms with van der Waals surface area (Å²) in [5.74, 6) is 0. The average Bonchev–Trinajstić information content (AvgIpc) is 2.79. The fourth-order valence-electron chi connectivity index (χ4n) is 2.36. The summed E-state index contributed by atoms with van der Waals surface area (Å²) in [6, 6.07) is 0. The Morgan fingerprint density at radius 3 is 1.80 bits per heavy atom. The van der Waals surface area contributed by atoms with Gasteiger partial charge in [0.2, 0.25) is 0 Å². The van der Waals surface area contributed by atoms with Gasteiger partial charge in [0.05, 0.1) is 13.2 Å². The van der Waals surface area contributed by atoms with Gasteiger partial charge in [0.15, 0.2) is 0 Å². The van der Waals surface area contributed by atoms with Gasteiger partial charge >= 0.3 is 0 Å². The van der Waals surface area contributed by atoms with Crippen LogP contribution in [-0.4, -0.2) is 64.1 Å². The minimum Gasteiger partial charge on any atom is -0.379 e. The molecule has 4 atom stereocenters. The average molecular weight is 373 g/mol. The van der Waals surface area contributed by atoms with Gasteiger partial charge in [-0.15, -0.1) is 0 Å². The molecular formula is C20H52O5. The van der Waals surface area contributed by atoms with Gasteiger partial charge in [-0.05, 0) is 27.7 Å². The highest BCUT2D eigenvalue weighted by Gasteiger charge is 2.43. The minimum absolute atomic E-state index is 0. The molecule has 0 aromatic heterocycles. The Morgan fingerprint density at radius 1 is 0.800 bits per heavy atom. The van der Waals surface area contributed by atoms with E-state index in [-0.39, 0.29) is 69.0 Å². The first-order chi connectivity index (χ1) is 9.28. The smallest absolute Gasteiger partial charge is 0.115 e. The molecule has 0 aliphatic carbocycles. The van der Waals surface area contributed by atoms with Gasteiger partial charge in [0.25, 0.3) is 0 Å². The van der Waals surface area contributed by atoms with Crippen molar-refractivity contribution in [2.45, 2.75) is 96.7 Å². The molecule has 0 aromatic rings. The van der Waals surface area contributed by atoms with E-state index in [1.165, 1.54) is 0 Å². The summed E-state index contributed by atoms with van der Waals surface area (Å²) in [7, 11) is 0. The molecule has 0 bridgehead atoms. The molecular weight excluding hydrogens is 320 g/mol. The lowest BCUT2D eigenvalue weighted by Crippen LogP contribution is -2.44. The SMILES string of the molecule is C.C.C.C.C.C.CCOCC(OCC)C1OCC(OCC)C1OCC. The van der Waals surface area contributed by atoms with Gasteiger partial charge in [-0.1, -0.05) is 44.6 Å². The lowest BCUT2D eigenvalue weighted by Gasteiger charge is -2.28. The minimum atomic E-state index is -0.122. The molecule has 0 spiro atoms. The van der Waals surface area contributed by atoms with Crippen LogP contribution in [0.25, 0.3) is 0 Å². The Balaban J connectivity index is -0.000000150. The van der Waals surface area contributed by atoms with Crippen LogP contribution in [0.1, 0.15) is 72.3 Å². The molecule has 162 valence electrons. The molecule has 1 aliphatic rings. The van der Waals surface area contributed by atoms with Crippen LogP contribution in [0.15, 0.2) is 0 Å². The van der Waals surface area contributed by atoms with E-state index in [1.807, 2.05) is 27.7 Å². The molecule has 0 saturated carbocycles. The predicted molar refractivity (Wildman–Crippen MR) is 113 cm³/mol. The molecule has 0 N–H and O–H groups in total. The summed E-state index contributed by atoms with van der Waals surface area (Å²) in [6.07, 6.45) is -0.323. The molecule has 1 heterocycles. The third kappa shape index (κ3) is 12.7. The van der Waals surface area contributed by atoms with E-state index >= 15 is 0 Å². The van der Waals surface area contributed by atoms with E-state index in [0.29, 0.717) is 39.6 Å². The van der Waals surface area contributed by atoms with Crippen molar-refractivity contribution < 1.29 is 23.7 Å². The summed E-state index contributed by atoms with van der Waals surface area (Å²) in [5.41, 5.74) is 0. The lowest BCUT2D eigenvalue weighted by molar-refractivity contribution is -0.124. The van der Waals surface area contributed by atoms with Crippen LogP contribution in [0.3, 0.4) is 0 Å². The van der Waals surface area contributed by atoms with Crippen molar-refractivity contribution in [1.82, 2.24) is 0 Å². The molecule has 1 rings (SSSR count). The Morgan fingerprint density at radius 2 is 1.36 bits per heavy atom. The number of ether oxygens (including phenoxy) is 5. The van der Waals surface area contributed by atoms with Gasteiger partial charge in [-0.25, -0.2) is 0 Å². The van der Waals surface area contributed by atoms with Crippen LogP contribution in [0.4, 0.5) is 0 Å². The molecule has 4 unspecified atom stereocenters. The van der Waals surface area contributed by atoms with Crippen LogP contribution < -0.4 is 0 Å². The Kier molecular flexibility index (Phi) is 37.8. The highest BCUT2D eigenvalue weighted by atomic mass is 16.6. The van der Waals surface area contributed by atoms with E-state index in [9.17, 15) is 0 Å². The number of rotatable bonds is 10. The van der Waals surface area contributed by atoms with Crippen LogP contribution in [0.2, 0.25) is 0 Å². The second kappa shape index (κ2) is 23.8. The van der Waals surface area contributed by atoms with Crippen molar-refractivity contribution in [3.8, 4) is 0 Å².